The highest BCUT2D eigenvalue weighted by molar-refractivity contribution is 5.71. The van der Waals surface area contributed by atoms with E-state index in [1.807, 2.05) is 18.3 Å². The molecule has 1 atom stereocenters. The largest absolute Gasteiger partial charge is 0.493 e. The van der Waals surface area contributed by atoms with Crippen LogP contribution in [0.3, 0.4) is 0 Å². The summed E-state index contributed by atoms with van der Waals surface area (Å²) in [7, 11) is 4.97. The third-order valence-corrected chi connectivity index (χ3v) is 5.74. The summed E-state index contributed by atoms with van der Waals surface area (Å²) in [5, 5.41) is 9.01. The van der Waals surface area contributed by atoms with E-state index in [0.29, 0.717) is 30.3 Å². The van der Waals surface area contributed by atoms with Crippen LogP contribution in [0.15, 0.2) is 29.2 Å². The third kappa shape index (κ3) is 5.31. The summed E-state index contributed by atoms with van der Waals surface area (Å²) in [5.41, 5.74) is 3.41. The Hall–Kier alpha value is -2.84. The predicted molar refractivity (Wildman–Crippen MR) is 122 cm³/mol. The predicted octanol–water partition coefficient (Wildman–Crippen LogP) is 2.96. The van der Waals surface area contributed by atoms with Gasteiger partial charge in [-0.15, -0.1) is 0 Å². The zero-order valence-electron chi connectivity index (χ0n) is 19.2. The second kappa shape index (κ2) is 10.7. The molecule has 0 amide bonds. The zero-order valence-corrected chi connectivity index (χ0v) is 19.2. The van der Waals surface area contributed by atoms with Crippen LogP contribution in [0.25, 0.3) is 11.3 Å². The van der Waals surface area contributed by atoms with Crippen molar-refractivity contribution >= 4 is 5.97 Å². The van der Waals surface area contributed by atoms with Gasteiger partial charge in [-0.25, -0.2) is 0 Å². The maximum Gasteiger partial charge on any atom is 0.317 e. The van der Waals surface area contributed by atoms with Gasteiger partial charge in [-0.1, -0.05) is 6.92 Å². The number of carboxylic acids is 1. The lowest BCUT2D eigenvalue weighted by Crippen LogP contribution is -2.29. The Balaban J connectivity index is 1.98. The number of fused-ring (bicyclic) bond motifs is 3. The highest BCUT2D eigenvalue weighted by Gasteiger charge is 2.26. The van der Waals surface area contributed by atoms with E-state index in [1.54, 1.807) is 32.2 Å². The number of pyridine rings is 1. The van der Waals surface area contributed by atoms with Crippen LogP contribution in [0.4, 0.5) is 0 Å². The molecular weight excluding hydrogens is 412 g/mol. The Morgan fingerprint density at radius 2 is 2.00 bits per heavy atom. The van der Waals surface area contributed by atoms with E-state index in [0.717, 1.165) is 36.1 Å². The monoisotopic (exact) mass is 444 g/mol. The Morgan fingerprint density at radius 1 is 1.22 bits per heavy atom. The third-order valence-electron chi connectivity index (χ3n) is 5.74. The second-order valence-corrected chi connectivity index (χ2v) is 8.14. The number of aliphatic carboxylic acids is 1. The van der Waals surface area contributed by atoms with E-state index in [2.05, 4.69) is 11.5 Å². The molecule has 2 heterocycles. The average molecular weight is 445 g/mol. The standard InChI is InChI=1S/C24H32N2O6/c1-5-18-9-16-10-23(32-8-6-7-30-3)22(31-4)11-19(16)20-12-21(27)17(14-26(18)20)13-25(2)15-24(28)29/h10-12,14,18H,5-9,13,15H2,1-4H3,(H,28,29). The number of rotatable bonds is 11. The Bertz CT molecular complexity index is 1020. The lowest BCUT2D eigenvalue weighted by atomic mass is 9.90. The molecular formula is C24H32N2O6. The number of methoxy groups -OCH3 is 2. The first kappa shape index (κ1) is 23.8. The van der Waals surface area contributed by atoms with Crippen molar-refractivity contribution in [3.63, 3.8) is 0 Å². The fourth-order valence-corrected chi connectivity index (χ4v) is 4.17. The van der Waals surface area contributed by atoms with Gasteiger partial charge in [0.05, 0.1) is 26.0 Å². The van der Waals surface area contributed by atoms with Crippen LogP contribution in [0.2, 0.25) is 0 Å². The molecule has 0 saturated carbocycles. The molecule has 1 aromatic carbocycles. The molecule has 1 aromatic heterocycles. The molecule has 0 bridgehead atoms. The normalized spacial score (nSPS) is 14.7. The summed E-state index contributed by atoms with van der Waals surface area (Å²) >= 11 is 0. The Labute approximate surface area is 188 Å². The maximum atomic E-state index is 12.9. The number of nitrogens with zero attached hydrogens (tertiary/aromatic N) is 2. The Kier molecular flexibility index (Phi) is 7.93. The lowest BCUT2D eigenvalue weighted by molar-refractivity contribution is -0.138. The number of hydrogen-bond donors (Lipinski definition) is 1. The summed E-state index contributed by atoms with van der Waals surface area (Å²) in [6.45, 7) is 3.45. The van der Waals surface area contributed by atoms with Gasteiger partial charge in [-0.05, 0) is 37.6 Å². The summed E-state index contributed by atoms with van der Waals surface area (Å²) in [6, 6.07) is 5.81. The Morgan fingerprint density at radius 3 is 2.66 bits per heavy atom. The van der Waals surface area contributed by atoms with Crippen LogP contribution in [-0.4, -0.2) is 61.6 Å². The van der Waals surface area contributed by atoms with Crippen molar-refractivity contribution < 1.29 is 24.1 Å². The number of ether oxygens (including phenoxy) is 3. The molecule has 1 N–H and O–H groups in total. The highest BCUT2D eigenvalue weighted by atomic mass is 16.5. The molecule has 8 heteroatoms. The molecule has 1 aliphatic rings. The van der Waals surface area contributed by atoms with Crippen molar-refractivity contribution in [1.82, 2.24) is 9.47 Å². The van der Waals surface area contributed by atoms with E-state index in [9.17, 15) is 9.59 Å². The highest BCUT2D eigenvalue weighted by Crippen LogP contribution is 2.41. The van der Waals surface area contributed by atoms with Gasteiger partial charge in [0.1, 0.15) is 0 Å². The molecule has 0 spiro atoms. The minimum atomic E-state index is -0.918. The number of likely N-dealkylation sites (N-methyl/N-ethyl adjacent to an activating group) is 1. The van der Waals surface area contributed by atoms with Gasteiger partial charge in [0.15, 0.2) is 16.9 Å². The topological polar surface area (TPSA) is 90.2 Å². The molecule has 0 saturated heterocycles. The summed E-state index contributed by atoms with van der Waals surface area (Å²) in [5.74, 6) is 0.401. The molecule has 0 fully saturated rings. The van der Waals surface area contributed by atoms with E-state index in [4.69, 9.17) is 19.3 Å². The average Bonchev–Trinajstić information content (AvgIpc) is 2.75. The fourth-order valence-electron chi connectivity index (χ4n) is 4.17. The van der Waals surface area contributed by atoms with Crippen LogP contribution >= 0.6 is 0 Å². The van der Waals surface area contributed by atoms with Gasteiger partial charge in [0.2, 0.25) is 0 Å². The van der Waals surface area contributed by atoms with Gasteiger partial charge in [0, 0.05) is 56.1 Å². The van der Waals surface area contributed by atoms with Crippen LogP contribution in [0.5, 0.6) is 11.5 Å². The first-order chi connectivity index (χ1) is 15.4. The fraction of sp³-hybridized carbons (Fsp3) is 0.500. The van der Waals surface area contributed by atoms with Crippen LogP contribution in [0, 0.1) is 0 Å². The molecule has 2 aromatic rings. The van der Waals surface area contributed by atoms with Gasteiger partial charge >= 0.3 is 5.97 Å². The SMILES string of the molecule is CCC1Cc2cc(OCCCOC)c(OC)cc2-c2cc(=O)c(CN(C)CC(=O)O)cn21. The molecule has 1 aliphatic heterocycles. The molecule has 174 valence electrons. The molecule has 1 unspecified atom stereocenters. The number of benzene rings is 1. The van der Waals surface area contributed by atoms with Crippen LogP contribution in [0.1, 0.15) is 36.9 Å². The van der Waals surface area contributed by atoms with Crippen molar-refractivity contribution in [2.24, 2.45) is 0 Å². The lowest BCUT2D eigenvalue weighted by Gasteiger charge is -2.31. The van der Waals surface area contributed by atoms with Crippen LogP contribution in [-0.2, 0) is 22.5 Å². The molecule has 0 aliphatic carbocycles. The first-order valence-corrected chi connectivity index (χ1v) is 10.9. The quantitative estimate of drug-likeness (QED) is 0.533. The van der Waals surface area contributed by atoms with Gasteiger partial charge in [-0.2, -0.15) is 0 Å². The van der Waals surface area contributed by atoms with E-state index in [1.165, 1.54) is 0 Å². The second-order valence-electron chi connectivity index (χ2n) is 8.14. The van der Waals surface area contributed by atoms with Crippen LogP contribution < -0.4 is 14.9 Å². The van der Waals surface area contributed by atoms with Gasteiger partial charge in [-0.3, -0.25) is 14.5 Å². The molecule has 32 heavy (non-hydrogen) atoms. The zero-order chi connectivity index (χ0) is 23.3. The van der Waals surface area contributed by atoms with Crippen molar-refractivity contribution in [3.05, 3.63) is 45.7 Å². The minimum absolute atomic E-state index is 0.102. The number of aromatic nitrogens is 1. The number of carboxylic acid groups (broad SMARTS) is 1. The van der Waals surface area contributed by atoms with Crippen molar-refractivity contribution in [2.45, 2.75) is 38.8 Å². The molecule has 0 radical (unpaired) electrons. The van der Waals surface area contributed by atoms with Gasteiger partial charge < -0.3 is 23.9 Å². The van der Waals surface area contributed by atoms with E-state index < -0.39 is 5.97 Å². The summed E-state index contributed by atoms with van der Waals surface area (Å²) < 4.78 is 18.7. The summed E-state index contributed by atoms with van der Waals surface area (Å²) in [4.78, 5) is 25.5. The van der Waals surface area contributed by atoms with Crippen molar-refractivity contribution in [2.75, 3.05) is 41.0 Å². The van der Waals surface area contributed by atoms with E-state index in [-0.39, 0.29) is 24.6 Å². The van der Waals surface area contributed by atoms with E-state index >= 15 is 0 Å². The first-order valence-electron chi connectivity index (χ1n) is 10.9. The molecule has 8 nitrogen and oxygen atoms in total. The minimum Gasteiger partial charge on any atom is -0.493 e. The maximum absolute atomic E-state index is 12.9. The van der Waals surface area contributed by atoms with Crippen molar-refractivity contribution in [1.29, 1.82) is 0 Å². The number of hydrogen-bond acceptors (Lipinski definition) is 6. The van der Waals surface area contributed by atoms with Gasteiger partial charge in [0.25, 0.3) is 0 Å². The molecule has 3 rings (SSSR count). The number of carbonyl (C=O) groups is 1. The smallest absolute Gasteiger partial charge is 0.317 e. The van der Waals surface area contributed by atoms with Crippen molar-refractivity contribution in [3.8, 4) is 22.8 Å². The summed E-state index contributed by atoms with van der Waals surface area (Å²) in [6.07, 6.45) is 4.38.